The van der Waals surface area contributed by atoms with Gasteiger partial charge in [0, 0.05) is 38.9 Å². The smallest absolute Gasteiger partial charge is 0.179 e. The molecule has 0 saturated carbocycles. The molecule has 0 saturated heterocycles. The van der Waals surface area contributed by atoms with Crippen molar-refractivity contribution in [3.05, 3.63) is 279 Å². The van der Waals surface area contributed by atoms with Crippen LogP contribution in [0.1, 0.15) is 0 Å². The van der Waals surface area contributed by atoms with Crippen LogP contribution in [0.2, 0.25) is 0 Å². The Morgan fingerprint density at radius 3 is 1.30 bits per heavy atom. The van der Waals surface area contributed by atoms with E-state index in [0.29, 0.717) is 0 Å². The molecule has 0 aliphatic carbocycles. The summed E-state index contributed by atoms with van der Waals surface area (Å²) in [6.07, 6.45) is 0. The fraction of sp³-hybridized carbons (Fsp3) is 0. The number of aromatic nitrogens is 1. The molecule has 2 nitrogen and oxygen atoms in total. The van der Waals surface area contributed by atoms with Gasteiger partial charge in [-0.2, -0.15) is 0 Å². The summed E-state index contributed by atoms with van der Waals surface area (Å²) >= 11 is 0. The molecule has 0 N–H and O–H groups in total. The summed E-state index contributed by atoms with van der Waals surface area (Å²) in [4.78, 5) is 2.41. The highest BCUT2D eigenvalue weighted by molar-refractivity contribution is 7.19. The Labute approximate surface area is 392 Å². The first kappa shape index (κ1) is 40.0. The Morgan fingerprint density at radius 1 is 0.284 bits per heavy atom. The molecule has 3 heteroatoms. The van der Waals surface area contributed by atoms with Crippen molar-refractivity contribution in [3.63, 3.8) is 0 Å². The van der Waals surface area contributed by atoms with E-state index in [0.717, 1.165) is 22.7 Å². The van der Waals surface area contributed by atoms with Gasteiger partial charge in [0.05, 0.1) is 11.0 Å². The fourth-order valence-electron chi connectivity index (χ4n) is 10.4. The molecular formula is C64H46N2Si. The summed E-state index contributed by atoms with van der Waals surface area (Å²) in [7, 11) is -2.78. The normalized spacial score (nSPS) is 11.6. The second-order valence-electron chi connectivity index (χ2n) is 17.3. The van der Waals surface area contributed by atoms with Gasteiger partial charge in [-0.25, -0.2) is 0 Å². The summed E-state index contributed by atoms with van der Waals surface area (Å²) in [6, 6.07) is 103. The third-order valence-electron chi connectivity index (χ3n) is 13.5. The van der Waals surface area contributed by atoms with E-state index in [9.17, 15) is 0 Å². The zero-order valence-electron chi connectivity index (χ0n) is 37.0. The lowest BCUT2D eigenvalue weighted by molar-refractivity contribution is 1.19. The second-order valence-corrected chi connectivity index (χ2v) is 21.1. The average molecular weight is 871 g/mol. The molecule has 11 aromatic carbocycles. The van der Waals surface area contributed by atoms with Gasteiger partial charge in [-0.1, -0.05) is 224 Å². The predicted molar refractivity (Wildman–Crippen MR) is 287 cm³/mol. The minimum Gasteiger partial charge on any atom is -0.311 e. The highest BCUT2D eigenvalue weighted by Gasteiger charge is 2.41. The van der Waals surface area contributed by atoms with Crippen molar-refractivity contribution in [2.45, 2.75) is 0 Å². The van der Waals surface area contributed by atoms with Gasteiger partial charge in [-0.3, -0.25) is 0 Å². The zero-order chi connectivity index (χ0) is 44.6. The number of benzene rings is 11. The Bertz CT molecular complexity index is 3550. The van der Waals surface area contributed by atoms with Crippen molar-refractivity contribution in [1.29, 1.82) is 0 Å². The maximum absolute atomic E-state index is 2.78. The third-order valence-corrected chi connectivity index (χ3v) is 18.3. The van der Waals surface area contributed by atoms with Crippen LogP contribution < -0.4 is 25.6 Å². The van der Waals surface area contributed by atoms with Crippen LogP contribution in [0.4, 0.5) is 17.1 Å². The number of nitrogens with zero attached hydrogens (tertiary/aromatic N) is 2. The molecule has 0 aliphatic heterocycles. The summed E-state index contributed by atoms with van der Waals surface area (Å²) in [5.41, 5.74) is 11.6. The first-order chi connectivity index (χ1) is 33.2. The van der Waals surface area contributed by atoms with Crippen LogP contribution in [-0.2, 0) is 0 Å². The average Bonchev–Trinajstić information content (AvgIpc) is 3.76. The number of anilines is 3. The molecule has 12 rings (SSSR count). The summed E-state index contributed by atoms with van der Waals surface area (Å²) in [6.45, 7) is 0. The lowest BCUT2D eigenvalue weighted by atomic mass is 10.0. The highest BCUT2D eigenvalue weighted by Crippen LogP contribution is 2.39. The van der Waals surface area contributed by atoms with E-state index in [-0.39, 0.29) is 0 Å². The third kappa shape index (κ3) is 7.05. The van der Waals surface area contributed by atoms with Crippen LogP contribution in [0, 0.1) is 0 Å². The number of fused-ring (bicyclic) bond motifs is 5. The highest BCUT2D eigenvalue weighted by atomic mass is 28.3. The molecule has 0 amide bonds. The maximum Gasteiger partial charge on any atom is 0.179 e. The first-order valence-corrected chi connectivity index (χ1v) is 25.1. The van der Waals surface area contributed by atoms with Gasteiger partial charge >= 0.3 is 0 Å². The molecule has 0 spiro atoms. The molecule has 0 unspecified atom stereocenters. The monoisotopic (exact) mass is 870 g/mol. The van der Waals surface area contributed by atoms with E-state index >= 15 is 0 Å². The van der Waals surface area contributed by atoms with Crippen molar-refractivity contribution in [2.24, 2.45) is 0 Å². The molecule has 12 aromatic rings. The molecule has 0 aliphatic rings. The first-order valence-electron chi connectivity index (χ1n) is 23.1. The maximum atomic E-state index is 2.45. The number of hydrogen-bond acceptors (Lipinski definition) is 1. The number of para-hydroxylation sites is 1. The van der Waals surface area contributed by atoms with Gasteiger partial charge in [0.15, 0.2) is 8.07 Å². The summed E-state index contributed by atoms with van der Waals surface area (Å²) in [5, 5.41) is 10.4. The van der Waals surface area contributed by atoms with Gasteiger partial charge in [0.25, 0.3) is 0 Å². The summed E-state index contributed by atoms with van der Waals surface area (Å²) < 4.78 is 2.43. The molecule has 0 atom stereocenters. The molecule has 316 valence electrons. The molecule has 67 heavy (non-hydrogen) atoms. The van der Waals surface area contributed by atoms with Crippen molar-refractivity contribution in [1.82, 2.24) is 4.57 Å². The lowest BCUT2D eigenvalue weighted by Gasteiger charge is -2.35. The molecule has 0 fully saturated rings. The predicted octanol–water partition coefficient (Wildman–Crippen LogP) is 14.1. The van der Waals surface area contributed by atoms with Crippen LogP contribution in [-0.4, -0.2) is 12.6 Å². The standard InChI is InChI=1S/C64H46N2Si/c1-5-18-47(19-6-1)48-32-39-52(40-33-48)65(55-21-17-28-59(46-55)67(56-22-7-2-8-23-56,57-24-9-3-10-25-57)58-26-11-4-12-27-58)53-41-34-49(35-42-53)50-36-43-54(44-37-50)66-63-31-16-15-30-61(63)62-45-38-51-20-13-14-29-60(51)64(62)66/h1-46H. The largest absolute Gasteiger partial charge is 0.311 e. The van der Waals surface area contributed by atoms with Gasteiger partial charge in [-0.15, -0.1) is 0 Å². The van der Waals surface area contributed by atoms with Crippen molar-refractivity contribution in [3.8, 4) is 27.9 Å². The molecule has 1 heterocycles. The van der Waals surface area contributed by atoms with Gasteiger partial charge in [0.1, 0.15) is 0 Å². The van der Waals surface area contributed by atoms with Crippen molar-refractivity contribution in [2.75, 3.05) is 4.90 Å². The van der Waals surface area contributed by atoms with Crippen LogP contribution in [0.25, 0.3) is 60.5 Å². The van der Waals surface area contributed by atoms with Gasteiger partial charge in [0.2, 0.25) is 0 Å². The van der Waals surface area contributed by atoms with Crippen LogP contribution in [0.15, 0.2) is 279 Å². The van der Waals surface area contributed by atoms with E-state index in [4.69, 9.17) is 0 Å². The zero-order valence-corrected chi connectivity index (χ0v) is 38.0. The Kier molecular flexibility index (Phi) is 10.2. The van der Waals surface area contributed by atoms with E-state index in [1.165, 1.54) is 75.6 Å². The number of rotatable bonds is 10. The van der Waals surface area contributed by atoms with Crippen molar-refractivity contribution >= 4 is 78.5 Å². The Balaban J connectivity index is 0.969. The topological polar surface area (TPSA) is 8.17 Å². The molecular weight excluding hydrogens is 825 g/mol. The van der Waals surface area contributed by atoms with Crippen LogP contribution in [0.3, 0.4) is 0 Å². The molecule has 0 radical (unpaired) electrons. The molecule has 0 bridgehead atoms. The fourth-order valence-corrected chi connectivity index (χ4v) is 15.2. The van der Waals surface area contributed by atoms with E-state index in [1.54, 1.807) is 0 Å². The number of hydrogen-bond donors (Lipinski definition) is 0. The van der Waals surface area contributed by atoms with E-state index in [1.807, 2.05) is 0 Å². The second kappa shape index (κ2) is 17.1. The van der Waals surface area contributed by atoms with Gasteiger partial charge < -0.3 is 9.47 Å². The Hall–Kier alpha value is -8.50. The molecule has 1 aromatic heterocycles. The minimum atomic E-state index is -2.78. The SMILES string of the molecule is c1ccc(-c2ccc(N(c3ccc(-c4ccc(-n5c6ccccc6c6ccc7ccccc7c65)cc4)cc3)c3cccc([Si](c4ccccc4)(c4ccccc4)c4ccccc4)c3)cc2)cc1. The van der Waals surface area contributed by atoms with Crippen molar-refractivity contribution < 1.29 is 0 Å². The minimum absolute atomic E-state index is 1.09. The lowest BCUT2D eigenvalue weighted by Crippen LogP contribution is -2.74. The van der Waals surface area contributed by atoms with E-state index in [2.05, 4.69) is 289 Å². The van der Waals surface area contributed by atoms with E-state index < -0.39 is 8.07 Å². The Morgan fingerprint density at radius 2 is 0.731 bits per heavy atom. The van der Waals surface area contributed by atoms with Gasteiger partial charge in [-0.05, 0) is 103 Å². The summed E-state index contributed by atoms with van der Waals surface area (Å²) in [5.74, 6) is 0. The van der Waals surface area contributed by atoms with Crippen LogP contribution in [0.5, 0.6) is 0 Å². The van der Waals surface area contributed by atoms with Crippen LogP contribution >= 0.6 is 0 Å². The quantitative estimate of drug-likeness (QED) is 0.0982.